The molecule has 2 aliphatic carbocycles. The first kappa shape index (κ1) is 10.7. The van der Waals surface area contributed by atoms with Crippen LogP contribution >= 0.6 is 0 Å². The highest BCUT2D eigenvalue weighted by Crippen LogP contribution is 2.30. The first-order valence-corrected chi connectivity index (χ1v) is 6.31. The Morgan fingerprint density at radius 3 is 2.93 bits per heavy atom. The van der Waals surface area contributed by atoms with Crippen LogP contribution in [0.15, 0.2) is 36.0 Å². The summed E-state index contributed by atoms with van der Waals surface area (Å²) in [6, 6.07) is 0. The van der Waals surface area contributed by atoms with Crippen molar-refractivity contribution in [2.75, 3.05) is 0 Å². The Labute approximate surface area is 93.8 Å². The van der Waals surface area contributed by atoms with Gasteiger partial charge in [-0.15, -0.1) is 0 Å². The van der Waals surface area contributed by atoms with Gasteiger partial charge in [0.05, 0.1) is 0 Å². The topological polar surface area (TPSA) is 0 Å². The van der Waals surface area contributed by atoms with Crippen LogP contribution in [-0.2, 0) is 0 Å². The van der Waals surface area contributed by atoms with Gasteiger partial charge in [-0.3, -0.25) is 0 Å². The summed E-state index contributed by atoms with van der Waals surface area (Å²) in [4.78, 5) is 0. The highest BCUT2D eigenvalue weighted by Gasteiger charge is 2.14. The number of allylic oxidation sites excluding steroid dienone is 6. The Morgan fingerprint density at radius 1 is 0.933 bits per heavy atom. The largest absolute Gasteiger partial charge is 0.0805 e. The summed E-state index contributed by atoms with van der Waals surface area (Å²) in [5.41, 5.74) is 1.65. The van der Waals surface area contributed by atoms with Gasteiger partial charge >= 0.3 is 0 Å². The van der Waals surface area contributed by atoms with E-state index in [0.717, 1.165) is 12.3 Å². The second-order valence-electron chi connectivity index (χ2n) is 4.61. The minimum absolute atomic E-state index is 0.842. The van der Waals surface area contributed by atoms with Crippen LogP contribution in [0.4, 0.5) is 0 Å². The first-order valence-electron chi connectivity index (χ1n) is 6.31. The zero-order valence-corrected chi connectivity index (χ0v) is 9.49. The van der Waals surface area contributed by atoms with Crippen molar-refractivity contribution in [1.29, 1.82) is 0 Å². The third-order valence-electron chi connectivity index (χ3n) is 3.48. The zero-order valence-electron chi connectivity index (χ0n) is 9.49. The molecule has 1 radical (unpaired) electrons. The van der Waals surface area contributed by atoms with E-state index in [-0.39, 0.29) is 0 Å². The van der Waals surface area contributed by atoms with Crippen molar-refractivity contribution in [2.45, 2.75) is 44.9 Å². The van der Waals surface area contributed by atoms with Gasteiger partial charge in [0.2, 0.25) is 0 Å². The quantitative estimate of drug-likeness (QED) is 0.581. The molecule has 0 heteroatoms. The first-order chi connectivity index (χ1) is 7.47. The van der Waals surface area contributed by atoms with E-state index < -0.39 is 0 Å². The number of hydrogen-bond acceptors (Lipinski definition) is 0. The van der Waals surface area contributed by atoms with Gasteiger partial charge in [-0.1, -0.05) is 55.2 Å². The molecule has 1 fully saturated rings. The number of hydrogen-bond donors (Lipinski definition) is 0. The Kier molecular flexibility index (Phi) is 4.25. The predicted molar refractivity (Wildman–Crippen MR) is 66.5 cm³/mol. The Bertz CT molecular complexity index is 260. The average molecular weight is 201 g/mol. The maximum Gasteiger partial charge on any atom is -0.0130 e. The molecule has 1 saturated carbocycles. The van der Waals surface area contributed by atoms with Crippen molar-refractivity contribution in [3.8, 4) is 0 Å². The van der Waals surface area contributed by atoms with Crippen LogP contribution in [0.2, 0.25) is 0 Å². The summed E-state index contributed by atoms with van der Waals surface area (Å²) in [5.74, 6) is 0.842. The van der Waals surface area contributed by atoms with Crippen LogP contribution in [-0.4, -0.2) is 0 Å². The molecular weight excluding hydrogens is 180 g/mol. The van der Waals surface area contributed by atoms with Crippen LogP contribution in [0.1, 0.15) is 44.9 Å². The highest BCUT2D eigenvalue weighted by atomic mass is 14.2. The Morgan fingerprint density at radius 2 is 1.93 bits per heavy atom. The lowest BCUT2D eigenvalue weighted by atomic mass is 9.84. The van der Waals surface area contributed by atoms with Crippen molar-refractivity contribution in [3.63, 3.8) is 0 Å². The molecule has 0 aromatic rings. The van der Waals surface area contributed by atoms with Gasteiger partial charge < -0.3 is 0 Å². The predicted octanol–water partition coefficient (Wildman–Crippen LogP) is 4.60. The molecule has 2 rings (SSSR count). The van der Waals surface area contributed by atoms with E-state index in [1.807, 2.05) is 0 Å². The highest BCUT2D eigenvalue weighted by molar-refractivity contribution is 5.25. The summed E-state index contributed by atoms with van der Waals surface area (Å²) < 4.78 is 0. The normalized spacial score (nSPS) is 24.1. The smallest absolute Gasteiger partial charge is 0.0130 e. The fraction of sp³-hybridized carbons (Fsp3) is 0.533. The lowest BCUT2D eigenvalue weighted by Gasteiger charge is -2.21. The van der Waals surface area contributed by atoms with E-state index in [0.29, 0.717) is 0 Å². The van der Waals surface area contributed by atoms with Gasteiger partial charge in [-0.25, -0.2) is 0 Å². The third-order valence-corrected chi connectivity index (χ3v) is 3.48. The molecule has 0 nitrogen and oxygen atoms in total. The SMILES string of the molecule is [CH]1CCCC[C@@H](C2=CC=CC=CC2)CC1. The summed E-state index contributed by atoms with van der Waals surface area (Å²) in [6.07, 6.45) is 23.0. The molecule has 0 amide bonds. The van der Waals surface area contributed by atoms with Gasteiger partial charge in [0.1, 0.15) is 0 Å². The van der Waals surface area contributed by atoms with E-state index >= 15 is 0 Å². The molecule has 0 N–H and O–H groups in total. The maximum atomic E-state index is 2.48. The van der Waals surface area contributed by atoms with Crippen LogP contribution in [0.3, 0.4) is 0 Å². The van der Waals surface area contributed by atoms with Crippen LogP contribution in [0.5, 0.6) is 0 Å². The molecule has 0 aliphatic heterocycles. The Hall–Kier alpha value is -0.780. The molecule has 0 aromatic heterocycles. The minimum atomic E-state index is 0.842. The second kappa shape index (κ2) is 5.95. The molecule has 1 atom stereocenters. The van der Waals surface area contributed by atoms with E-state index in [1.54, 1.807) is 5.57 Å². The summed E-state index contributed by atoms with van der Waals surface area (Å²) >= 11 is 0. The van der Waals surface area contributed by atoms with Crippen LogP contribution in [0, 0.1) is 12.3 Å². The average Bonchev–Trinajstić information content (AvgIpc) is 2.45. The lowest BCUT2D eigenvalue weighted by molar-refractivity contribution is 0.453. The molecule has 0 unspecified atom stereocenters. The van der Waals surface area contributed by atoms with Crippen molar-refractivity contribution in [1.82, 2.24) is 0 Å². The standard InChI is InChI=1S/C15H21/c1-2-6-10-14(11-7-3-1)15-12-8-4-5-9-13-15/h2,4-5,8-9,12,14H,1,3,6-7,10-11,13H2/t14-/m0/s1. The van der Waals surface area contributed by atoms with Crippen molar-refractivity contribution < 1.29 is 0 Å². The lowest BCUT2D eigenvalue weighted by Crippen LogP contribution is -2.06. The summed E-state index contributed by atoms with van der Waals surface area (Å²) in [6.45, 7) is 0. The molecule has 0 bridgehead atoms. The maximum absolute atomic E-state index is 2.48. The minimum Gasteiger partial charge on any atom is -0.0805 e. The van der Waals surface area contributed by atoms with Crippen molar-refractivity contribution in [2.24, 2.45) is 5.92 Å². The molecular formula is C15H21. The molecule has 0 saturated heterocycles. The molecule has 0 heterocycles. The molecule has 0 spiro atoms. The van der Waals surface area contributed by atoms with Crippen molar-refractivity contribution in [3.05, 3.63) is 42.4 Å². The molecule has 15 heavy (non-hydrogen) atoms. The molecule has 81 valence electrons. The van der Waals surface area contributed by atoms with Gasteiger partial charge in [-0.2, -0.15) is 0 Å². The van der Waals surface area contributed by atoms with Crippen LogP contribution in [0.25, 0.3) is 0 Å². The van der Waals surface area contributed by atoms with Gasteiger partial charge in [-0.05, 0) is 38.0 Å². The van der Waals surface area contributed by atoms with Gasteiger partial charge in [0.25, 0.3) is 0 Å². The van der Waals surface area contributed by atoms with E-state index in [9.17, 15) is 0 Å². The molecule has 0 aromatic carbocycles. The van der Waals surface area contributed by atoms with Gasteiger partial charge in [0, 0.05) is 0 Å². The molecule has 2 aliphatic rings. The third kappa shape index (κ3) is 3.37. The Balaban J connectivity index is 1.97. The fourth-order valence-corrected chi connectivity index (χ4v) is 2.55. The van der Waals surface area contributed by atoms with Crippen molar-refractivity contribution >= 4 is 0 Å². The van der Waals surface area contributed by atoms with Crippen LogP contribution < -0.4 is 0 Å². The zero-order chi connectivity index (χ0) is 10.3. The van der Waals surface area contributed by atoms with E-state index in [2.05, 4.69) is 36.8 Å². The van der Waals surface area contributed by atoms with E-state index in [4.69, 9.17) is 0 Å². The number of rotatable bonds is 1. The van der Waals surface area contributed by atoms with Gasteiger partial charge in [0.15, 0.2) is 0 Å². The fourth-order valence-electron chi connectivity index (χ4n) is 2.55. The summed E-state index contributed by atoms with van der Waals surface area (Å²) in [7, 11) is 0. The second-order valence-corrected chi connectivity index (χ2v) is 4.61. The summed E-state index contributed by atoms with van der Waals surface area (Å²) in [5, 5.41) is 0. The van der Waals surface area contributed by atoms with E-state index in [1.165, 1.54) is 38.5 Å². The monoisotopic (exact) mass is 201 g/mol.